The third kappa shape index (κ3) is 3.53. The molecule has 8 heteroatoms. The van der Waals surface area contributed by atoms with E-state index in [1.54, 1.807) is 25.3 Å². The lowest BCUT2D eigenvalue weighted by atomic mass is 9.91. The molecule has 0 saturated carbocycles. The molecule has 1 saturated heterocycles. The Bertz CT molecular complexity index is 948. The number of carbonyl (C=O) groups is 1. The van der Waals surface area contributed by atoms with Crippen LogP contribution in [0.5, 0.6) is 5.75 Å². The Morgan fingerprint density at radius 3 is 2.50 bits per heavy atom. The maximum absolute atomic E-state index is 11.9. The first-order chi connectivity index (χ1) is 13.6. The maximum atomic E-state index is 11.9. The lowest BCUT2D eigenvalue weighted by Gasteiger charge is -2.39. The third-order valence-corrected chi connectivity index (χ3v) is 4.86. The molecule has 1 N–H and O–H groups in total. The van der Waals surface area contributed by atoms with E-state index in [-0.39, 0.29) is 0 Å². The Morgan fingerprint density at radius 1 is 1.18 bits per heavy atom. The number of ether oxygens (including phenoxy) is 1. The number of anilines is 1. The summed E-state index contributed by atoms with van der Waals surface area (Å²) in [6, 6.07) is 12.8. The fraction of sp³-hybridized carbons (Fsp3) is 0.300. The van der Waals surface area contributed by atoms with E-state index in [0.717, 1.165) is 11.4 Å². The smallest absolute Gasteiger partial charge is 0.348 e. The quantitative estimate of drug-likeness (QED) is 0.721. The van der Waals surface area contributed by atoms with E-state index in [2.05, 4.69) is 20.0 Å². The molecule has 0 bridgehead atoms. The van der Waals surface area contributed by atoms with Crippen molar-refractivity contribution in [2.75, 3.05) is 18.0 Å². The van der Waals surface area contributed by atoms with Gasteiger partial charge in [0, 0.05) is 32.1 Å². The zero-order valence-corrected chi connectivity index (χ0v) is 15.4. The van der Waals surface area contributed by atoms with E-state index >= 15 is 0 Å². The fourth-order valence-electron chi connectivity index (χ4n) is 3.28. The van der Waals surface area contributed by atoms with Crippen LogP contribution >= 0.6 is 0 Å². The molecule has 3 heterocycles. The highest BCUT2D eigenvalue weighted by Crippen LogP contribution is 2.31. The van der Waals surface area contributed by atoms with Crippen LogP contribution in [-0.2, 0) is 4.79 Å². The van der Waals surface area contributed by atoms with E-state index in [1.807, 2.05) is 30.3 Å². The van der Waals surface area contributed by atoms with Gasteiger partial charge in [-0.1, -0.05) is 23.4 Å². The molecular formula is C20H20N4O4. The van der Waals surface area contributed by atoms with Crippen LogP contribution in [0.15, 0.2) is 53.2 Å². The van der Waals surface area contributed by atoms with Crippen LogP contribution in [0, 0.1) is 6.92 Å². The summed E-state index contributed by atoms with van der Waals surface area (Å²) in [6.07, 6.45) is 2.41. The molecule has 0 atom stereocenters. The van der Waals surface area contributed by atoms with Gasteiger partial charge in [-0.15, -0.1) is 0 Å². The average Bonchev–Trinajstić information content (AvgIpc) is 3.16. The van der Waals surface area contributed by atoms with Gasteiger partial charge in [0.15, 0.2) is 5.82 Å². The number of pyridine rings is 1. The summed E-state index contributed by atoms with van der Waals surface area (Å²) in [5.74, 6) is 1.40. The van der Waals surface area contributed by atoms with Gasteiger partial charge in [0.2, 0.25) is 5.60 Å². The van der Waals surface area contributed by atoms with Crippen molar-refractivity contribution in [3.05, 3.63) is 54.5 Å². The normalized spacial score (nSPS) is 16.0. The maximum Gasteiger partial charge on any atom is 0.348 e. The molecule has 144 valence electrons. The lowest BCUT2D eigenvalue weighted by Crippen LogP contribution is -2.53. The first kappa shape index (κ1) is 18.0. The van der Waals surface area contributed by atoms with Crippen molar-refractivity contribution in [2.45, 2.75) is 25.4 Å². The average molecular weight is 380 g/mol. The summed E-state index contributed by atoms with van der Waals surface area (Å²) in [5, 5.41) is 13.6. The predicted octanol–water partition coefficient (Wildman–Crippen LogP) is 2.94. The molecule has 1 aromatic carbocycles. The van der Waals surface area contributed by atoms with Crippen molar-refractivity contribution < 1.29 is 19.2 Å². The van der Waals surface area contributed by atoms with E-state index in [4.69, 9.17) is 9.26 Å². The Balaban J connectivity index is 1.46. The molecule has 1 aliphatic heterocycles. The summed E-state index contributed by atoms with van der Waals surface area (Å²) in [7, 11) is 0. The second-order valence-corrected chi connectivity index (χ2v) is 6.75. The Morgan fingerprint density at radius 2 is 1.93 bits per heavy atom. The number of hydrogen-bond donors (Lipinski definition) is 1. The molecular weight excluding hydrogens is 360 g/mol. The number of hydrogen-bond acceptors (Lipinski definition) is 7. The van der Waals surface area contributed by atoms with Crippen molar-refractivity contribution in [1.29, 1.82) is 0 Å². The van der Waals surface area contributed by atoms with Crippen LogP contribution in [0.4, 0.5) is 5.82 Å². The topological polar surface area (TPSA) is 102 Å². The summed E-state index contributed by atoms with van der Waals surface area (Å²) in [4.78, 5) is 22.7. The molecule has 0 radical (unpaired) electrons. The minimum atomic E-state index is -1.22. The zero-order chi connectivity index (χ0) is 19.6. The van der Waals surface area contributed by atoms with Gasteiger partial charge in [-0.05, 0) is 31.2 Å². The molecule has 1 aliphatic rings. The first-order valence-corrected chi connectivity index (χ1v) is 9.05. The monoisotopic (exact) mass is 380 g/mol. The Hall–Kier alpha value is -3.42. The number of para-hydroxylation sites is 1. The van der Waals surface area contributed by atoms with E-state index in [0.29, 0.717) is 43.4 Å². The number of nitrogens with zero attached hydrogens (tertiary/aromatic N) is 4. The van der Waals surface area contributed by atoms with Gasteiger partial charge in [0.1, 0.15) is 11.6 Å². The van der Waals surface area contributed by atoms with Crippen molar-refractivity contribution in [1.82, 2.24) is 15.1 Å². The number of benzene rings is 1. The van der Waals surface area contributed by atoms with Crippen LogP contribution < -0.4 is 9.64 Å². The summed E-state index contributed by atoms with van der Waals surface area (Å²) < 4.78 is 11.0. The highest BCUT2D eigenvalue weighted by molar-refractivity contribution is 5.78. The molecule has 2 aromatic heterocycles. The van der Waals surface area contributed by atoms with E-state index < -0.39 is 11.6 Å². The van der Waals surface area contributed by atoms with Gasteiger partial charge in [-0.3, -0.25) is 0 Å². The van der Waals surface area contributed by atoms with Gasteiger partial charge in [-0.25, -0.2) is 9.78 Å². The van der Waals surface area contributed by atoms with Gasteiger partial charge < -0.3 is 19.3 Å². The van der Waals surface area contributed by atoms with E-state index in [1.165, 1.54) is 0 Å². The van der Waals surface area contributed by atoms with E-state index in [9.17, 15) is 9.90 Å². The van der Waals surface area contributed by atoms with Crippen LogP contribution in [0.3, 0.4) is 0 Å². The molecule has 28 heavy (non-hydrogen) atoms. The highest BCUT2D eigenvalue weighted by atomic mass is 16.5. The van der Waals surface area contributed by atoms with Crippen LogP contribution in [0.2, 0.25) is 0 Å². The molecule has 1 fully saturated rings. The number of aromatic nitrogens is 3. The highest BCUT2D eigenvalue weighted by Gasteiger charge is 2.44. The Labute approximate surface area is 161 Å². The molecule has 4 rings (SSSR count). The standard InChI is InChI=1S/C20H20N4O4/c1-14-22-18(28-23-14)15-7-8-17(21-13-15)24-11-9-20(10-12-24,19(25)26)27-16-5-3-2-4-6-16/h2-8,13H,9-12H2,1H3,(H,25,26). The first-order valence-electron chi connectivity index (χ1n) is 9.05. The van der Waals surface area contributed by atoms with Gasteiger partial charge in [-0.2, -0.15) is 4.98 Å². The molecule has 3 aromatic rings. The second kappa shape index (κ2) is 7.30. The summed E-state index contributed by atoms with van der Waals surface area (Å²) >= 11 is 0. The second-order valence-electron chi connectivity index (χ2n) is 6.75. The Kier molecular flexibility index (Phi) is 4.68. The number of carboxylic acid groups (broad SMARTS) is 1. The summed E-state index contributed by atoms with van der Waals surface area (Å²) in [5.41, 5.74) is -0.479. The van der Waals surface area contributed by atoms with Gasteiger partial charge >= 0.3 is 5.97 Å². The number of piperidine rings is 1. The van der Waals surface area contributed by atoms with Crippen molar-refractivity contribution in [3.8, 4) is 17.2 Å². The minimum Gasteiger partial charge on any atom is -0.478 e. The summed E-state index contributed by atoms with van der Waals surface area (Å²) in [6.45, 7) is 2.82. The molecule has 0 amide bonds. The third-order valence-electron chi connectivity index (χ3n) is 4.86. The fourth-order valence-corrected chi connectivity index (χ4v) is 3.28. The largest absolute Gasteiger partial charge is 0.478 e. The SMILES string of the molecule is Cc1noc(-c2ccc(N3CCC(Oc4ccccc4)(C(=O)O)CC3)nc2)n1. The molecule has 8 nitrogen and oxygen atoms in total. The van der Waals surface area contributed by atoms with Crippen LogP contribution in [-0.4, -0.2) is 44.9 Å². The van der Waals surface area contributed by atoms with Crippen molar-refractivity contribution in [2.24, 2.45) is 0 Å². The van der Waals surface area contributed by atoms with Crippen LogP contribution in [0.25, 0.3) is 11.5 Å². The van der Waals surface area contributed by atoms with Gasteiger partial charge in [0.25, 0.3) is 5.89 Å². The van der Waals surface area contributed by atoms with Gasteiger partial charge in [0.05, 0.1) is 5.56 Å². The number of aryl methyl sites for hydroxylation is 1. The number of rotatable bonds is 5. The van der Waals surface area contributed by atoms with Crippen molar-refractivity contribution in [3.63, 3.8) is 0 Å². The molecule has 0 unspecified atom stereocenters. The zero-order valence-electron chi connectivity index (χ0n) is 15.4. The van der Waals surface area contributed by atoms with Crippen molar-refractivity contribution >= 4 is 11.8 Å². The number of aliphatic carboxylic acids is 1. The number of carboxylic acids is 1. The lowest BCUT2D eigenvalue weighted by molar-refractivity contribution is -0.157. The predicted molar refractivity (Wildman–Crippen MR) is 101 cm³/mol. The van der Waals surface area contributed by atoms with Crippen LogP contribution in [0.1, 0.15) is 18.7 Å². The minimum absolute atomic E-state index is 0.365. The molecule has 0 spiro atoms. The molecule has 0 aliphatic carbocycles.